The number of aromatic amines is 1. The van der Waals surface area contributed by atoms with Crippen molar-refractivity contribution >= 4 is 11.6 Å². The van der Waals surface area contributed by atoms with Crippen LogP contribution in [-0.4, -0.2) is 48.7 Å². The number of alkyl halides is 3. The number of hydrogen-bond acceptors (Lipinski definition) is 6. The molecule has 5 rings (SSSR count). The lowest BCUT2D eigenvalue weighted by Crippen LogP contribution is -2.51. The van der Waals surface area contributed by atoms with Crippen LogP contribution < -0.4 is 10.2 Å². The van der Waals surface area contributed by atoms with Crippen molar-refractivity contribution in [3.63, 3.8) is 0 Å². The van der Waals surface area contributed by atoms with Crippen molar-refractivity contribution in [1.29, 1.82) is 0 Å². The molecule has 160 valence electrons. The van der Waals surface area contributed by atoms with Crippen LogP contribution in [-0.2, 0) is 6.18 Å². The van der Waals surface area contributed by atoms with Crippen LogP contribution in [0.1, 0.15) is 24.1 Å². The summed E-state index contributed by atoms with van der Waals surface area (Å²) in [5, 5.41) is 10.4. The van der Waals surface area contributed by atoms with Crippen LogP contribution in [0, 0.1) is 0 Å². The van der Waals surface area contributed by atoms with Gasteiger partial charge in [-0.15, -0.1) is 0 Å². The van der Waals surface area contributed by atoms with E-state index < -0.39 is 11.7 Å². The highest BCUT2D eigenvalue weighted by Gasteiger charge is 2.31. The first-order valence-electron chi connectivity index (χ1n) is 9.76. The van der Waals surface area contributed by atoms with Crippen LogP contribution in [0.25, 0.3) is 17.0 Å². The first-order chi connectivity index (χ1) is 14.9. The van der Waals surface area contributed by atoms with Gasteiger partial charge in [0.25, 0.3) is 0 Å². The van der Waals surface area contributed by atoms with Gasteiger partial charge in [0.15, 0.2) is 0 Å². The van der Waals surface area contributed by atoms with Crippen molar-refractivity contribution in [2.45, 2.75) is 25.2 Å². The van der Waals surface area contributed by atoms with Crippen LogP contribution in [0.5, 0.6) is 0 Å². The van der Waals surface area contributed by atoms with Gasteiger partial charge in [-0.05, 0) is 25.1 Å². The summed E-state index contributed by atoms with van der Waals surface area (Å²) in [6.45, 7) is 3.41. The molecule has 1 saturated heterocycles. The largest absolute Gasteiger partial charge is 0.417 e. The lowest BCUT2D eigenvalue weighted by atomic mass is 10.1. The number of aromatic nitrogens is 6. The molecule has 8 nitrogen and oxygen atoms in total. The molecule has 1 aliphatic heterocycles. The monoisotopic (exact) mass is 428 g/mol. The Morgan fingerprint density at radius 3 is 2.74 bits per heavy atom. The average Bonchev–Trinajstić information content (AvgIpc) is 3.42. The highest BCUT2D eigenvalue weighted by Crippen LogP contribution is 2.31. The fourth-order valence-corrected chi connectivity index (χ4v) is 3.87. The van der Waals surface area contributed by atoms with Gasteiger partial charge in [0.2, 0.25) is 5.95 Å². The van der Waals surface area contributed by atoms with E-state index in [1.54, 1.807) is 18.5 Å². The van der Waals surface area contributed by atoms with E-state index in [1.165, 1.54) is 16.7 Å². The fraction of sp³-hybridized carbons (Fsp3) is 0.300. The number of imidazole rings is 1. The predicted octanol–water partition coefficient (Wildman–Crippen LogP) is 3.07. The predicted molar refractivity (Wildman–Crippen MR) is 107 cm³/mol. The molecule has 0 saturated carbocycles. The number of piperazine rings is 1. The van der Waals surface area contributed by atoms with Crippen molar-refractivity contribution in [3.8, 4) is 11.4 Å². The number of hydrogen-bond donors (Lipinski definition) is 2. The molecule has 0 amide bonds. The number of rotatable bonds is 3. The summed E-state index contributed by atoms with van der Waals surface area (Å²) in [5.41, 5.74) is 1.68. The van der Waals surface area contributed by atoms with E-state index in [9.17, 15) is 13.2 Å². The van der Waals surface area contributed by atoms with Crippen molar-refractivity contribution in [3.05, 3.63) is 60.3 Å². The second kappa shape index (κ2) is 7.34. The fourth-order valence-electron chi connectivity index (χ4n) is 3.87. The number of halogens is 3. The highest BCUT2D eigenvalue weighted by atomic mass is 19.4. The Bertz CT molecular complexity index is 1200. The normalized spacial score (nSPS) is 19.8. The number of nitrogens with zero attached hydrogens (tertiary/aromatic N) is 6. The van der Waals surface area contributed by atoms with Gasteiger partial charge in [-0.3, -0.25) is 9.50 Å². The standard InChI is InChI=1S/C20H19F3N8/c1-12-9-30(11-16(28-12)13-6-26-27-7-13)19-24-5-4-15(29-19)17-8-25-18-3-2-14(10-31(17)18)20(21,22)23/h2-8,10,12,16,28H,9,11H2,1H3,(H,26,27). The third-order valence-corrected chi connectivity index (χ3v) is 5.33. The smallest absolute Gasteiger partial charge is 0.337 e. The third-order valence-electron chi connectivity index (χ3n) is 5.33. The summed E-state index contributed by atoms with van der Waals surface area (Å²) in [6, 6.07) is 4.29. The highest BCUT2D eigenvalue weighted by molar-refractivity contribution is 5.61. The molecule has 0 bridgehead atoms. The SMILES string of the molecule is CC1CN(c2nccc(-c3cnc4ccc(C(F)(F)F)cn34)n2)CC(c2cn[nH]c2)N1. The molecule has 4 aromatic rings. The first-order valence-corrected chi connectivity index (χ1v) is 9.76. The summed E-state index contributed by atoms with van der Waals surface area (Å²) in [4.78, 5) is 15.3. The zero-order valence-electron chi connectivity index (χ0n) is 16.5. The zero-order chi connectivity index (χ0) is 21.6. The molecule has 31 heavy (non-hydrogen) atoms. The summed E-state index contributed by atoms with van der Waals surface area (Å²) in [5.74, 6) is 0.515. The molecule has 11 heteroatoms. The summed E-state index contributed by atoms with van der Waals surface area (Å²) in [6.07, 6.45) is 3.37. The molecule has 5 heterocycles. The zero-order valence-corrected chi connectivity index (χ0v) is 16.5. The first kappa shape index (κ1) is 19.5. The quantitative estimate of drug-likeness (QED) is 0.522. The van der Waals surface area contributed by atoms with E-state index in [0.29, 0.717) is 36.1 Å². The molecule has 0 aromatic carbocycles. The van der Waals surface area contributed by atoms with Gasteiger partial charge in [0.05, 0.1) is 35.4 Å². The van der Waals surface area contributed by atoms with Gasteiger partial charge in [-0.25, -0.2) is 15.0 Å². The molecular formula is C20H19F3N8. The van der Waals surface area contributed by atoms with Gasteiger partial charge >= 0.3 is 6.18 Å². The van der Waals surface area contributed by atoms with Crippen LogP contribution in [0.2, 0.25) is 0 Å². The van der Waals surface area contributed by atoms with E-state index in [2.05, 4.69) is 42.3 Å². The minimum absolute atomic E-state index is 0.0555. The molecule has 1 fully saturated rings. The van der Waals surface area contributed by atoms with Crippen molar-refractivity contribution in [2.24, 2.45) is 0 Å². The van der Waals surface area contributed by atoms with E-state index in [4.69, 9.17) is 0 Å². The van der Waals surface area contributed by atoms with E-state index >= 15 is 0 Å². The third kappa shape index (κ3) is 3.72. The lowest BCUT2D eigenvalue weighted by molar-refractivity contribution is -0.137. The second-order valence-corrected chi connectivity index (χ2v) is 7.59. The Kier molecular flexibility index (Phi) is 4.62. The summed E-state index contributed by atoms with van der Waals surface area (Å²) < 4.78 is 40.9. The number of pyridine rings is 1. The molecular weight excluding hydrogens is 409 g/mol. The topological polar surface area (TPSA) is 87.0 Å². The van der Waals surface area contributed by atoms with Gasteiger partial charge in [-0.2, -0.15) is 18.3 Å². The van der Waals surface area contributed by atoms with Crippen molar-refractivity contribution < 1.29 is 13.2 Å². The minimum atomic E-state index is -4.44. The minimum Gasteiger partial charge on any atom is -0.337 e. The molecule has 0 aliphatic carbocycles. The van der Waals surface area contributed by atoms with E-state index in [1.807, 2.05) is 6.20 Å². The summed E-state index contributed by atoms with van der Waals surface area (Å²) in [7, 11) is 0. The maximum Gasteiger partial charge on any atom is 0.417 e. The van der Waals surface area contributed by atoms with Gasteiger partial charge in [-0.1, -0.05) is 0 Å². The number of fused-ring (bicyclic) bond motifs is 1. The number of anilines is 1. The number of H-pyrrole nitrogens is 1. The van der Waals surface area contributed by atoms with Crippen molar-refractivity contribution in [2.75, 3.05) is 18.0 Å². The van der Waals surface area contributed by atoms with Crippen molar-refractivity contribution in [1.82, 2.24) is 34.9 Å². The Morgan fingerprint density at radius 1 is 1.10 bits per heavy atom. The maximum atomic E-state index is 13.2. The maximum absolute atomic E-state index is 13.2. The number of nitrogens with one attached hydrogen (secondary N) is 2. The van der Waals surface area contributed by atoms with Crippen LogP contribution in [0.15, 0.2) is 49.2 Å². The molecule has 0 radical (unpaired) electrons. The Labute approximate surface area is 175 Å². The van der Waals surface area contributed by atoms with E-state index in [0.717, 1.165) is 17.8 Å². The van der Waals surface area contributed by atoms with Gasteiger partial charge in [0.1, 0.15) is 5.65 Å². The Balaban J connectivity index is 1.49. The summed E-state index contributed by atoms with van der Waals surface area (Å²) >= 11 is 0. The molecule has 2 unspecified atom stereocenters. The Morgan fingerprint density at radius 2 is 1.97 bits per heavy atom. The molecule has 1 aliphatic rings. The van der Waals surface area contributed by atoms with Gasteiger partial charge < -0.3 is 10.2 Å². The van der Waals surface area contributed by atoms with Crippen LogP contribution in [0.4, 0.5) is 19.1 Å². The van der Waals surface area contributed by atoms with Crippen LogP contribution in [0.3, 0.4) is 0 Å². The second-order valence-electron chi connectivity index (χ2n) is 7.59. The molecule has 2 atom stereocenters. The molecule has 4 aromatic heterocycles. The average molecular weight is 428 g/mol. The molecule has 0 spiro atoms. The Hall–Kier alpha value is -3.47. The van der Waals surface area contributed by atoms with Gasteiger partial charge in [0, 0.05) is 43.3 Å². The lowest BCUT2D eigenvalue weighted by Gasteiger charge is -2.37. The van der Waals surface area contributed by atoms with Crippen LogP contribution >= 0.6 is 0 Å². The van der Waals surface area contributed by atoms with E-state index in [-0.39, 0.29) is 12.1 Å². The molecule has 2 N–H and O–H groups in total.